The summed E-state index contributed by atoms with van der Waals surface area (Å²) in [5.41, 5.74) is -0.350. The summed E-state index contributed by atoms with van der Waals surface area (Å²) in [4.78, 5) is 10.5. The summed E-state index contributed by atoms with van der Waals surface area (Å²) in [6.45, 7) is 4.03. The predicted molar refractivity (Wildman–Crippen MR) is 81.8 cm³/mol. The molecule has 2 aromatic heterocycles. The van der Waals surface area contributed by atoms with Gasteiger partial charge in [-0.2, -0.15) is 7.99 Å². The number of piperidine rings is 1. The molecule has 108 valence electrons. The summed E-state index contributed by atoms with van der Waals surface area (Å²) in [6.07, 6.45) is 0.758. The van der Waals surface area contributed by atoms with Gasteiger partial charge in [0.05, 0.1) is 46.6 Å². The molecule has 2 atom stereocenters. The quantitative estimate of drug-likeness (QED) is 0.749. The molecule has 0 bridgehead atoms. The molecule has 1 fully saturated rings. The maximum absolute atomic E-state index is 13.9. The Morgan fingerprint density at radius 1 is 1.50 bits per heavy atom. The molecular formula is C12H15FIN5O. The lowest BCUT2D eigenvalue weighted by atomic mass is 9.94. The number of aryl methyl sites for hydroxylation is 1. The van der Waals surface area contributed by atoms with Crippen molar-refractivity contribution in [3.8, 4) is 0 Å². The molecule has 0 aromatic carbocycles. The molecule has 3 heterocycles. The summed E-state index contributed by atoms with van der Waals surface area (Å²) in [6, 6.07) is 0. The van der Waals surface area contributed by atoms with Gasteiger partial charge >= 0.3 is 0 Å². The van der Waals surface area contributed by atoms with Gasteiger partial charge in [0.2, 0.25) is 0 Å². The normalized spacial score (nSPS) is 27.2. The zero-order valence-electron chi connectivity index (χ0n) is 11.2. The first-order valence-corrected chi connectivity index (χ1v) is 7.32. The number of aliphatic hydroxyl groups is 1. The molecular weight excluding hydrogens is 376 g/mol. The lowest BCUT2D eigenvalue weighted by Crippen LogP contribution is -2.51. The Labute approximate surface area is 129 Å². The highest BCUT2D eigenvalue weighted by Gasteiger charge is 2.36. The highest BCUT2D eigenvalue weighted by Crippen LogP contribution is 2.30. The van der Waals surface area contributed by atoms with Gasteiger partial charge in [0.25, 0.3) is 0 Å². The average molecular weight is 391 g/mol. The van der Waals surface area contributed by atoms with Crippen LogP contribution in [0.3, 0.4) is 0 Å². The third kappa shape index (κ3) is 2.46. The van der Waals surface area contributed by atoms with E-state index < -0.39 is 11.8 Å². The number of fused-ring (bicyclic) bond motifs is 1. The number of hydrogen-bond acceptors (Lipinski definition) is 5. The van der Waals surface area contributed by atoms with Gasteiger partial charge in [-0.25, -0.2) is 14.4 Å². The summed E-state index contributed by atoms with van der Waals surface area (Å²) >= 11 is 2.04. The Kier molecular flexibility index (Phi) is 3.32. The van der Waals surface area contributed by atoms with Gasteiger partial charge in [0.15, 0.2) is 5.65 Å². The van der Waals surface area contributed by atoms with Crippen LogP contribution in [-0.4, -0.2) is 47.9 Å². The summed E-state index contributed by atoms with van der Waals surface area (Å²) in [5, 5.41) is 15.1. The summed E-state index contributed by atoms with van der Waals surface area (Å²) < 4.78 is 15.5. The van der Waals surface area contributed by atoms with Crippen LogP contribution in [0.15, 0.2) is 6.20 Å². The number of nitrogens with zero attached hydrogens (tertiary/aromatic N) is 5. The Balaban J connectivity index is 2.09. The molecule has 0 spiro atoms. The van der Waals surface area contributed by atoms with Gasteiger partial charge in [-0.05, 0) is 13.8 Å². The van der Waals surface area contributed by atoms with Gasteiger partial charge in [-0.15, -0.1) is 0 Å². The van der Waals surface area contributed by atoms with Crippen LogP contribution in [-0.2, 0) is 0 Å². The Hall–Kier alpha value is -1.03. The van der Waals surface area contributed by atoms with E-state index in [1.54, 1.807) is 27.8 Å². The van der Waals surface area contributed by atoms with Crippen molar-refractivity contribution in [1.29, 1.82) is 0 Å². The highest BCUT2D eigenvalue weighted by molar-refractivity contribution is 14.1. The number of hydrogen-bond donors (Lipinski definition) is 1. The van der Waals surface area contributed by atoms with Gasteiger partial charge in [-0.3, -0.25) is 0 Å². The second kappa shape index (κ2) is 4.76. The maximum Gasteiger partial charge on any atom is 0.173 e. The van der Waals surface area contributed by atoms with E-state index in [9.17, 15) is 9.50 Å². The highest BCUT2D eigenvalue weighted by atomic mass is 127. The Bertz CT molecular complexity index is 659. The van der Waals surface area contributed by atoms with E-state index in [1.807, 2.05) is 22.9 Å². The Morgan fingerprint density at radius 2 is 2.25 bits per heavy atom. The molecule has 6 nitrogen and oxygen atoms in total. The SMILES string of the molecule is Cc1nc(N2C[C@H](F)C[C@](C)(O)C2)c2cnn(I)c2n1. The van der Waals surface area contributed by atoms with Gasteiger partial charge < -0.3 is 10.0 Å². The smallest absolute Gasteiger partial charge is 0.173 e. The summed E-state index contributed by atoms with van der Waals surface area (Å²) in [5.74, 6) is 1.24. The largest absolute Gasteiger partial charge is 0.388 e. The zero-order chi connectivity index (χ0) is 14.5. The van der Waals surface area contributed by atoms with E-state index in [1.165, 1.54) is 0 Å². The number of anilines is 1. The number of halogens is 2. The van der Waals surface area contributed by atoms with Crippen molar-refractivity contribution < 1.29 is 9.50 Å². The molecule has 1 aliphatic heterocycles. The molecule has 0 unspecified atom stereocenters. The molecule has 20 heavy (non-hydrogen) atoms. The second-order valence-electron chi connectivity index (χ2n) is 5.52. The van der Waals surface area contributed by atoms with Gasteiger partial charge in [0.1, 0.15) is 17.8 Å². The van der Waals surface area contributed by atoms with Crippen LogP contribution in [0.25, 0.3) is 11.0 Å². The molecule has 0 aliphatic carbocycles. The average Bonchev–Trinajstić information content (AvgIpc) is 2.68. The first-order chi connectivity index (χ1) is 9.35. The zero-order valence-corrected chi connectivity index (χ0v) is 13.4. The molecule has 1 aliphatic rings. The van der Waals surface area contributed by atoms with Crippen LogP contribution < -0.4 is 4.90 Å². The number of alkyl halides is 1. The first-order valence-electron chi connectivity index (χ1n) is 6.36. The molecule has 2 aromatic rings. The fourth-order valence-corrected chi connectivity index (χ4v) is 3.19. The minimum absolute atomic E-state index is 0.155. The van der Waals surface area contributed by atoms with Crippen molar-refractivity contribution in [2.75, 3.05) is 18.0 Å². The third-order valence-corrected chi connectivity index (χ3v) is 4.10. The van der Waals surface area contributed by atoms with Crippen LogP contribution in [0.4, 0.5) is 10.2 Å². The molecule has 1 saturated heterocycles. The maximum atomic E-state index is 13.9. The van der Waals surface area contributed by atoms with Crippen molar-refractivity contribution >= 4 is 39.7 Å². The van der Waals surface area contributed by atoms with Crippen molar-refractivity contribution in [3.63, 3.8) is 0 Å². The fourth-order valence-electron chi connectivity index (χ4n) is 2.69. The van der Waals surface area contributed by atoms with Crippen LogP contribution >= 0.6 is 22.9 Å². The number of aromatic nitrogens is 4. The molecule has 1 N–H and O–H groups in total. The lowest BCUT2D eigenvalue weighted by molar-refractivity contribution is 0.0165. The number of β-amino-alcohol motifs (C(OH)–C–C–N with tert-alkyl or cyclic N) is 1. The van der Waals surface area contributed by atoms with Crippen molar-refractivity contribution in [2.24, 2.45) is 0 Å². The standard InChI is InChI=1S/C12H15FIN5O/c1-7-16-10(9-4-15-19(14)11(9)17-7)18-5-8(13)3-12(2,20)6-18/h4,8,20H,3,5-6H2,1-2H3/t8-,12+/m1/s1. The van der Waals surface area contributed by atoms with Gasteiger partial charge in [0, 0.05) is 13.0 Å². The molecule has 0 saturated carbocycles. The minimum Gasteiger partial charge on any atom is -0.388 e. The van der Waals surface area contributed by atoms with E-state index in [-0.39, 0.29) is 13.0 Å². The molecule has 0 radical (unpaired) electrons. The monoisotopic (exact) mass is 391 g/mol. The first kappa shape index (κ1) is 13.9. The summed E-state index contributed by atoms with van der Waals surface area (Å²) in [7, 11) is 0. The molecule has 0 amide bonds. The van der Waals surface area contributed by atoms with Crippen molar-refractivity contribution in [1.82, 2.24) is 18.0 Å². The van der Waals surface area contributed by atoms with Crippen LogP contribution in [0.2, 0.25) is 0 Å². The topological polar surface area (TPSA) is 67.1 Å². The van der Waals surface area contributed by atoms with E-state index in [2.05, 4.69) is 15.1 Å². The lowest BCUT2D eigenvalue weighted by Gasteiger charge is -2.39. The van der Waals surface area contributed by atoms with E-state index in [4.69, 9.17) is 0 Å². The predicted octanol–water partition coefficient (Wildman–Crippen LogP) is 1.63. The van der Waals surface area contributed by atoms with E-state index >= 15 is 0 Å². The third-order valence-electron chi connectivity index (χ3n) is 3.39. The molecule has 3 rings (SSSR count). The van der Waals surface area contributed by atoms with E-state index in [0.29, 0.717) is 23.8 Å². The van der Waals surface area contributed by atoms with Gasteiger partial charge in [-0.1, -0.05) is 0 Å². The Morgan fingerprint density at radius 3 is 2.95 bits per heavy atom. The van der Waals surface area contributed by atoms with Crippen LogP contribution in [0, 0.1) is 6.92 Å². The van der Waals surface area contributed by atoms with Crippen molar-refractivity contribution in [3.05, 3.63) is 12.0 Å². The fraction of sp³-hybridized carbons (Fsp3) is 0.583. The van der Waals surface area contributed by atoms with Crippen LogP contribution in [0.1, 0.15) is 19.2 Å². The van der Waals surface area contributed by atoms with E-state index in [0.717, 1.165) is 5.39 Å². The minimum atomic E-state index is -1.07. The van der Waals surface area contributed by atoms with Crippen LogP contribution in [0.5, 0.6) is 0 Å². The molecule has 8 heteroatoms. The number of rotatable bonds is 1. The second-order valence-corrected chi connectivity index (χ2v) is 6.43. The van der Waals surface area contributed by atoms with Crippen molar-refractivity contribution in [2.45, 2.75) is 32.0 Å².